The molecule has 0 aromatic carbocycles. The van der Waals surface area contributed by atoms with Crippen LogP contribution >= 0.6 is 0 Å². The predicted molar refractivity (Wildman–Crippen MR) is 199 cm³/mol. The second kappa shape index (κ2) is 35.4. The zero-order valence-corrected chi connectivity index (χ0v) is 31.5. The van der Waals surface area contributed by atoms with Crippen molar-refractivity contribution in [2.45, 2.75) is 206 Å². The van der Waals surface area contributed by atoms with Crippen molar-refractivity contribution < 1.29 is 34.1 Å². The molecule has 0 aromatic rings. The van der Waals surface area contributed by atoms with Gasteiger partial charge in [-0.2, -0.15) is 0 Å². The lowest BCUT2D eigenvalue weighted by molar-refractivity contribution is -0.150. The van der Waals surface area contributed by atoms with E-state index in [1.165, 1.54) is 96.3 Å². The van der Waals surface area contributed by atoms with Crippen molar-refractivity contribution in [1.29, 1.82) is 0 Å². The van der Waals surface area contributed by atoms with Gasteiger partial charge in [-0.3, -0.25) is 14.4 Å². The second-order valence-electron chi connectivity index (χ2n) is 13.7. The number of allylic oxidation sites excluding steroid dienone is 2. The fraction of sp³-hybridized carbons (Fsp3) is 0.850. The van der Waals surface area contributed by atoms with Gasteiger partial charge in [-0.05, 0) is 64.2 Å². The average Bonchev–Trinajstić information content (AvgIpc) is 3.08. The molecule has 2 atom stereocenters. The third kappa shape index (κ3) is 32.5. The van der Waals surface area contributed by atoms with Crippen LogP contribution < -0.4 is 10.6 Å². The van der Waals surface area contributed by atoms with Crippen LogP contribution in [0, 0.1) is 0 Å². The SMILES string of the molecule is CCCCCCC/C=C\CCCCCCCC(=O)OC(CCCCCCCCC)CCCCCCCC(=O)NCC(=O)NC(CO)C(=O)O. The molecule has 49 heavy (non-hydrogen) atoms. The summed E-state index contributed by atoms with van der Waals surface area (Å²) < 4.78 is 5.98. The molecule has 0 radical (unpaired) electrons. The van der Waals surface area contributed by atoms with Gasteiger partial charge in [0, 0.05) is 12.8 Å². The summed E-state index contributed by atoms with van der Waals surface area (Å²) in [5, 5.41) is 22.5. The minimum atomic E-state index is -1.38. The van der Waals surface area contributed by atoms with Crippen molar-refractivity contribution in [3.05, 3.63) is 12.2 Å². The minimum absolute atomic E-state index is 0.00921. The van der Waals surface area contributed by atoms with Crippen molar-refractivity contribution in [3.63, 3.8) is 0 Å². The number of carboxylic acid groups (broad SMARTS) is 1. The van der Waals surface area contributed by atoms with Crippen LogP contribution in [-0.4, -0.2) is 59.3 Å². The van der Waals surface area contributed by atoms with Gasteiger partial charge in [0.25, 0.3) is 0 Å². The second-order valence-corrected chi connectivity index (χ2v) is 13.7. The van der Waals surface area contributed by atoms with Crippen molar-refractivity contribution in [2.24, 2.45) is 0 Å². The van der Waals surface area contributed by atoms with Crippen molar-refractivity contribution in [2.75, 3.05) is 13.2 Å². The van der Waals surface area contributed by atoms with Crippen LogP contribution in [0.1, 0.15) is 194 Å². The number of carbonyl (C=O) groups excluding carboxylic acids is 3. The number of esters is 1. The maximum absolute atomic E-state index is 12.7. The Labute approximate surface area is 299 Å². The Morgan fingerprint density at radius 1 is 0.592 bits per heavy atom. The van der Waals surface area contributed by atoms with Crippen LogP contribution in [0.15, 0.2) is 12.2 Å². The third-order valence-electron chi connectivity index (χ3n) is 9.01. The van der Waals surface area contributed by atoms with Gasteiger partial charge in [0.1, 0.15) is 12.1 Å². The van der Waals surface area contributed by atoms with Crippen LogP contribution in [0.4, 0.5) is 0 Å². The first-order valence-electron chi connectivity index (χ1n) is 20.1. The number of hydrogen-bond donors (Lipinski definition) is 4. The first-order chi connectivity index (χ1) is 23.8. The molecule has 0 heterocycles. The van der Waals surface area contributed by atoms with E-state index in [1.54, 1.807) is 0 Å². The third-order valence-corrected chi connectivity index (χ3v) is 9.01. The maximum Gasteiger partial charge on any atom is 0.328 e. The molecule has 0 aliphatic heterocycles. The zero-order valence-electron chi connectivity index (χ0n) is 31.5. The van der Waals surface area contributed by atoms with Crippen molar-refractivity contribution in [3.8, 4) is 0 Å². The van der Waals surface area contributed by atoms with Gasteiger partial charge in [-0.25, -0.2) is 4.79 Å². The van der Waals surface area contributed by atoms with Gasteiger partial charge in [-0.1, -0.05) is 129 Å². The largest absolute Gasteiger partial charge is 0.480 e. The molecule has 2 amide bonds. The van der Waals surface area contributed by atoms with E-state index in [9.17, 15) is 19.2 Å². The lowest BCUT2D eigenvalue weighted by Gasteiger charge is -2.18. The molecule has 0 saturated heterocycles. The number of aliphatic hydroxyl groups is 1. The number of unbranched alkanes of at least 4 members (excludes halogenated alkanes) is 20. The summed E-state index contributed by atoms with van der Waals surface area (Å²) in [5.41, 5.74) is 0. The van der Waals surface area contributed by atoms with Crippen molar-refractivity contribution in [1.82, 2.24) is 10.6 Å². The Morgan fingerprint density at radius 3 is 1.53 bits per heavy atom. The van der Waals surface area contributed by atoms with Crippen LogP contribution in [0.3, 0.4) is 0 Å². The van der Waals surface area contributed by atoms with E-state index in [0.29, 0.717) is 19.3 Å². The van der Waals surface area contributed by atoms with Gasteiger partial charge in [0.05, 0.1) is 13.2 Å². The van der Waals surface area contributed by atoms with E-state index in [1.807, 2.05) is 0 Å². The monoisotopic (exact) mass is 695 g/mol. The Morgan fingerprint density at radius 2 is 1.04 bits per heavy atom. The quantitative estimate of drug-likeness (QED) is 0.0291. The number of amides is 2. The molecule has 0 aromatic heterocycles. The number of aliphatic hydroxyl groups excluding tert-OH is 1. The standard InChI is InChI=1S/C40H74N2O7/c1-3-5-7-9-11-12-13-14-15-16-17-19-24-28-32-39(46)49-35(29-25-21-18-10-8-6-4-2)30-26-22-20-23-27-31-37(44)41-33-38(45)42-36(34-43)40(47)48/h13-14,35-36,43H,3-12,15-34H2,1-2H3,(H,41,44)(H,42,45)(H,47,48)/b14-13-. The smallest absolute Gasteiger partial charge is 0.328 e. The molecular weight excluding hydrogens is 620 g/mol. The number of hydrogen-bond acceptors (Lipinski definition) is 6. The molecule has 286 valence electrons. The number of carboxylic acids is 1. The van der Waals surface area contributed by atoms with Gasteiger partial charge in [0.2, 0.25) is 11.8 Å². The Kier molecular flexibility index (Phi) is 33.7. The predicted octanol–water partition coefficient (Wildman–Crippen LogP) is 9.09. The molecule has 9 nitrogen and oxygen atoms in total. The lowest BCUT2D eigenvalue weighted by atomic mass is 10.0. The zero-order chi connectivity index (χ0) is 36.2. The van der Waals surface area contributed by atoms with E-state index in [-0.39, 0.29) is 24.5 Å². The highest BCUT2D eigenvalue weighted by Crippen LogP contribution is 2.18. The minimum Gasteiger partial charge on any atom is -0.480 e. The molecule has 0 aliphatic carbocycles. The molecule has 0 fully saturated rings. The number of carbonyl (C=O) groups is 4. The fourth-order valence-electron chi connectivity index (χ4n) is 5.89. The van der Waals surface area contributed by atoms with Crippen molar-refractivity contribution >= 4 is 23.8 Å². The summed E-state index contributed by atoms with van der Waals surface area (Å²) in [6, 6.07) is -1.38. The Balaban J connectivity index is 4.18. The summed E-state index contributed by atoms with van der Waals surface area (Å²) in [6.45, 7) is 3.45. The van der Waals surface area contributed by atoms with E-state index in [4.69, 9.17) is 14.9 Å². The topological polar surface area (TPSA) is 142 Å². The fourth-order valence-corrected chi connectivity index (χ4v) is 5.89. The molecule has 2 unspecified atom stereocenters. The summed E-state index contributed by atoms with van der Waals surface area (Å²) >= 11 is 0. The van der Waals surface area contributed by atoms with Gasteiger partial charge >= 0.3 is 11.9 Å². The summed E-state index contributed by atoms with van der Waals surface area (Å²) in [4.78, 5) is 47.3. The molecule has 0 spiro atoms. The van der Waals surface area contributed by atoms with E-state index in [2.05, 4.69) is 36.6 Å². The average molecular weight is 695 g/mol. The summed E-state index contributed by atoms with van der Waals surface area (Å²) in [5.74, 6) is -2.30. The highest BCUT2D eigenvalue weighted by Gasteiger charge is 2.19. The van der Waals surface area contributed by atoms with E-state index >= 15 is 0 Å². The first-order valence-corrected chi connectivity index (χ1v) is 20.1. The summed E-state index contributed by atoms with van der Waals surface area (Å²) in [7, 11) is 0. The van der Waals surface area contributed by atoms with Crippen LogP contribution in [0.2, 0.25) is 0 Å². The first kappa shape index (κ1) is 46.6. The van der Waals surface area contributed by atoms with Crippen LogP contribution in [-0.2, 0) is 23.9 Å². The number of nitrogens with one attached hydrogen (secondary N) is 2. The Hall–Kier alpha value is -2.42. The Bertz CT molecular complexity index is 848. The van der Waals surface area contributed by atoms with Gasteiger partial charge in [0.15, 0.2) is 0 Å². The van der Waals surface area contributed by atoms with Crippen LogP contribution in [0.25, 0.3) is 0 Å². The number of aliphatic carboxylic acids is 1. The van der Waals surface area contributed by atoms with Gasteiger partial charge < -0.3 is 25.6 Å². The lowest BCUT2D eigenvalue weighted by Crippen LogP contribution is -2.47. The van der Waals surface area contributed by atoms with E-state index in [0.717, 1.165) is 64.2 Å². The molecule has 4 N–H and O–H groups in total. The van der Waals surface area contributed by atoms with Crippen LogP contribution in [0.5, 0.6) is 0 Å². The normalized spacial score (nSPS) is 12.6. The summed E-state index contributed by atoms with van der Waals surface area (Å²) in [6.07, 6.45) is 35.3. The number of rotatable bonds is 36. The molecule has 0 saturated carbocycles. The van der Waals surface area contributed by atoms with Gasteiger partial charge in [-0.15, -0.1) is 0 Å². The maximum atomic E-state index is 12.7. The highest BCUT2D eigenvalue weighted by molar-refractivity contribution is 5.87. The molecular formula is C40H74N2O7. The molecule has 0 aliphatic rings. The molecule has 0 rings (SSSR count). The highest BCUT2D eigenvalue weighted by atomic mass is 16.5. The molecule has 9 heteroatoms. The number of ether oxygens (including phenoxy) is 1. The van der Waals surface area contributed by atoms with E-state index < -0.39 is 24.5 Å². The molecule has 0 bridgehead atoms.